The first-order valence-corrected chi connectivity index (χ1v) is 11.5. The Hall–Kier alpha value is -4.78. The second kappa shape index (κ2) is 8.53. The Morgan fingerprint density at radius 3 is 2.60 bits per heavy atom. The molecule has 0 aliphatic heterocycles. The van der Waals surface area contributed by atoms with Crippen LogP contribution in [0.3, 0.4) is 0 Å². The van der Waals surface area contributed by atoms with Gasteiger partial charge in [-0.15, -0.1) is 0 Å². The van der Waals surface area contributed by atoms with Gasteiger partial charge in [0.2, 0.25) is 0 Å². The molecule has 7 heteroatoms. The summed E-state index contributed by atoms with van der Waals surface area (Å²) in [6.45, 7) is 6.10. The van der Waals surface area contributed by atoms with E-state index in [-0.39, 0.29) is 0 Å². The number of anilines is 1. The molecule has 6 aromatic rings. The molecule has 6 rings (SSSR count). The Labute approximate surface area is 202 Å². The van der Waals surface area contributed by atoms with Crippen LogP contribution in [0, 0.1) is 0 Å². The zero-order chi connectivity index (χ0) is 23.8. The van der Waals surface area contributed by atoms with E-state index in [1.807, 2.05) is 43.1 Å². The van der Waals surface area contributed by atoms with Crippen LogP contribution in [0.15, 0.2) is 91.9 Å². The van der Waals surface area contributed by atoms with E-state index in [2.05, 4.69) is 79.3 Å². The molecule has 0 radical (unpaired) electrons. The van der Waals surface area contributed by atoms with Crippen LogP contribution in [0.4, 0.5) is 5.69 Å². The minimum Gasteiger partial charge on any atom is -0.358 e. The van der Waals surface area contributed by atoms with Crippen LogP contribution in [-0.4, -0.2) is 30.1 Å². The van der Waals surface area contributed by atoms with E-state index < -0.39 is 0 Å². The normalized spacial score (nSPS) is 11.2. The summed E-state index contributed by atoms with van der Waals surface area (Å²) in [5.74, 6) is 0. The van der Waals surface area contributed by atoms with Gasteiger partial charge in [-0.1, -0.05) is 25.6 Å². The first-order chi connectivity index (χ1) is 17.2. The molecular weight excluding hydrogens is 434 g/mol. The molecular formula is C28H23N7. The number of pyridine rings is 3. The van der Waals surface area contributed by atoms with Gasteiger partial charge < -0.3 is 10.3 Å². The molecule has 0 amide bonds. The Morgan fingerprint density at radius 2 is 1.74 bits per heavy atom. The summed E-state index contributed by atoms with van der Waals surface area (Å²) in [5.41, 5.74) is 9.72. The van der Waals surface area contributed by atoms with Crippen LogP contribution in [0.25, 0.3) is 55.4 Å². The van der Waals surface area contributed by atoms with E-state index in [0.717, 1.165) is 73.3 Å². The molecule has 7 nitrogen and oxygen atoms in total. The first kappa shape index (κ1) is 20.8. The number of hydrogen-bond acceptors (Lipinski definition) is 5. The zero-order valence-corrected chi connectivity index (χ0v) is 19.2. The van der Waals surface area contributed by atoms with E-state index >= 15 is 0 Å². The largest absolute Gasteiger partial charge is 0.358 e. The van der Waals surface area contributed by atoms with E-state index in [0.29, 0.717) is 0 Å². The van der Waals surface area contributed by atoms with Crippen molar-refractivity contribution >= 4 is 27.5 Å². The SMILES string of the molecule is C=C(CC)Nc1cncc(-c2ccc3[nH]nc(-c4cc5c(-c6cccnc6)cncc5[nH]4)c3c2)c1. The molecule has 0 saturated carbocycles. The van der Waals surface area contributed by atoms with Crippen LogP contribution < -0.4 is 5.32 Å². The van der Waals surface area contributed by atoms with Crippen molar-refractivity contribution in [3.05, 3.63) is 91.9 Å². The average molecular weight is 458 g/mol. The third-order valence-electron chi connectivity index (χ3n) is 6.16. The lowest BCUT2D eigenvalue weighted by Gasteiger charge is -2.09. The highest BCUT2D eigenvalue weighted by Gasteiger charge is 2.15. The van der Waals surface area contributed by atoms with Crippen molar-refractivity contribution in [2.24, 2.45) is 0 Å². The number of nitrogens with zero attached hydrogens (tertiary/aromatic N) is 4. The Morgan fingerprint density at radius 1 is 0.857 bits per heavy atom. The maximum Gasteiger partial charge on any atom is 0.116 e. The summed E-state index contributed by atoms with van der Waals surface area (Å²) in [6, 6.07) is 14.5. The van der Waals surface area contributed by atoms with Gasteiger partial charge in [0.05, 0.1) is 34.8 Å². The number of allylic oxidation sites excluding steroid dienone is 1. The molecule has 3 N–H and O–H groups in total. The minimum absolute atomic E-state index is 0.858. The summed E-state index contributed by atoms with van der Waals surface area (Å²) in [4.78, 5) is 16.6. The number of hydrogen-bond donors (Lipinski definition) is 3. The molecule has 0 spiro atoms. The molecule has 0 fully saturated rings. The zero-order valence-electron chi connectivity index (χ0n) is 19.2. The van der Waals surface area contributed by atoms with Gasteiger partial charge in [0.15, 0.2) is 0 Å². The van der Waals surface area contributed by atoms with Crippen molar-refractivity contribution in [2.45, 2.75) is 13.3 Å². The highest BCUT2D eigenvalue weighted by molar-refractivity contribution is 6.01. The van der Waals surface area contributed by atoms with Crippen molar-refractivity contribution < 1.29 is 0 Å². The van der Waals surface area contributed by atoms with E-state index in [1.54, 1.807) is 6.20 Å². The average Bonchev–Trinajstić information content (AvgIpc) is 3.53. The maximum atomic E-state index is 4.64. The predicted molar refractivity (Wildman–Crippen MR) is 141 cm³/mol. The lowest BCUT2D eigenvalue weighted by atomic mass is 10.0. The summed E-state index contributed by atoms with van der Waals surface area (Å²) >= 11 is 0. The van der Waals surface area contributed by atoms with Crippen LogP contribution in [0.5, 0.6) is 0 Å². The number of aromatic amines is 2. The van der Waals surface area contributed by atoms with Gasteiger partial charge in [0.25, 0.3) is 0 Å². The minimum atomic E-state index is 0.858. The molecule has 0 aliphatic carbocycles. The standard InChI is InChI=1S/C28H23N7/c1-3-17(2)32-21-9-20(13-30-14-21)18-6-7-25-23(10-18)28(35-34-25)26-11-22-24(15-31-16-27(22)33-26)19-5-4-8-29-12-19/h4-16,32-33H,2-3H2,1H3,(H,34,35). The van der Waals surface area contributed by atoms with Crippen LogP contribution in [-0.2, 0) is 0 Å². The van der Waals surface area contributed by atoms with Crippen molar-refractivity contribution in [2.75, 3.05) is 5.32 Å². The fourth-order valence-electron chi connectivity index (χ4n) is 4.29. The van der Waals surface area contributed by atoms with Gasteiger partial charge >= 0.3 is 0 Å². The van der Waals surface area contributed by atoms with Crippen LogP contribution in [0.1, 0.15) is 13.3 Å². The van der Waals surface area contributed by atoms with Gasteiger partial charge in [0, 0.05) is 57.9 Å². The summed E-state index contributed by atoms with van der Waals surface area (Å²) in [5, 5.41) is 13.2. The molecule has 0 unspecified atom stereocenters. The fraction of sp³-hybridized carbons (Fsp3) is 0.0714. The van der Waals surface area contributed by atoms with Gasteiger partial charge in [-0.25, -0.2) is 0 Å². The van der Waals surface area contributed by atoms with Crippen LogP contribution >= 0.6 is 0 Å². The Kier molecular flexibility index (Phi) is 5.07. The molecule has 35 heavy (non-hydrogen) atoms. The quantitative estimate of drug-likeness (QED) is 0.263. The van der Waals surface area contributed by atoms with Crippen molar-refractivity contribution in [1.82, 2.24) is 30.1 Å². The van der Waals surface area contributed by atoms with Gasteiger partial charge in [-0.3, -0.25) is 20.1 Å². The van der Waals surface area contributed by atoms with E-state index in [9.17, 15) is 0 Å². The predicted octanol–water partition coefficient (Wildman–Crippen LogP) is 6.57. The summed E-state index contributed by atoms with van der Waals surface area (Å²) in [7, 11) is 0. The number of rotatable bonds is 6. The third kappa shape index (κ3) is 3.83. The number of aromatic nitrogens is 6. The summed E-state index contributed by atoms with van der Waals surface area (Å²) in [6.07, 6.45) is 11.9. The number of H-pyrrole nitrogens is 2. The molecule has 0 aliphatic rings. The summed E-state index contributed by atoms with van der Waals surface area (Å²) < 4.78 is 0. The molecule has 1 aromatic carbocycles. The second-order valence-corrected chi connectivity index (χ2v) is 8.45. The highest BCUT2D eigenvalue weighted by atomic mass is 15.1. The van der Waals surface area contributed by atoms with Gasteiger partial charge in [-0.05, 0) is 42.3 Å². The molecule has 170 valence electrons. The number of benzene rings is 1. The lowest BCUT2D eigenvalue weighted by Crippen LogP contribution is -1.97. The molecule has 5 aromatic heterocycles. The van der Waals surface area contributed by atoms with E-state index in [1.165, 1.54) is 0 Å². The number of fused-ring (bicyclic) bond motifs is 2. The highest BCUT2D eigenvalue weighted by Crippen LogP contribution is 2.34. The maximum absolute atomic E-state index is 4.64. The molecule has 5 heterocycles. The second-order valence-electron chi connectivity index (χ2n) is 8.45. The van der Waals surface area contributed by atoms with Gasteiger partial charge in [-0.2, -0.15) is 5.10 Å². The molecule has 0 saturated heterocycles. The van der Waals surface area contributed by atoms with Crippen molar-refractivity contribution in [1.29, 1.82) is 0 Å². The van der Waals surface area contributed by atoms with Crippen molar-refractivity contribution in [3.8, 4) is 33.6 Å². The van der Waals surface area contributed by atoms with Crippen LogP contribution in [0.2, 0.25) is 0 Å². The topological polar surface area (TPSA) is 95.2 Å². The smallest absolute Gasteiger partial charge is 0.116 e. The first-order valence-electron chi connectivity index (χ1n) is 11.5. The van der Waals surface area contributed by atoms with Crippen molar-refractivity contribution in [3.63, 3.8) is 0 Å². The third-order valence-corrected chi connectivity index (χ3v) is 6.16. The Bertz CT molecular complexity index is 1680. The fourth-order valence-corrected chi connectivity index (χ4v) is 4.29. The van der Waals surface area contributed by atoms with Gasteiger partial charge in [0.1, 0.15) is 5.69 Å². The Balaban J connectivity index is 1.43. The lowest BCUT2D eigenvalue weighted by molar-refractivity contribution is 1.11. The molecule has 0 atom stereocenters. The molecule has 0 bridgehead atoms. The number of nitrogens with one attached hydrogen (secondary N) is 3. The monoisotopic (exact) mass is 457 g/mol. The van der Waals surface area contributed by atoms with E-state index in [4.69, 9.17) is 0 Å².